The Kier molecular flexibility index (Phi) is 3.75. The summed E-state index contributed by atoms with van der Waals surface area (Å²) in [6, 6.07) is 5.27. The van der Waals surface area contributed by atoms with Crippen molar-refractivity contribution < 1.29 is 4.79 Å². The van der Waals surface area contributed by atoms with E-state index in [-0.39, 0.29) is 11.9 Å². The molecule has 2 rings (SSSR count). The lowest BCUT2D eigenvalue weighted by Gasteiger charge is -2.31. The molecule has 0 aromatic carbocycles. The van der Waals surface area contributed by atoms with Gasteiger partial charge in [-0.05, 0) is 47.3 Å². The molecule has 2 heterocycles. The SMILES string of the molecule is N#CC1CCCCN1C(=O)c1ccnc(Br)c1. The Bertz CT molecular complexity index is 469. The van der Waals surface area contributed by atoms with Crippen molar-refractivity contribution in [2.45, 2.75) is 25.3 Å². The van der Waals surface area contributed by atoms with Gasteiger partial charge in [-0.15, -0.1) is 0 Å². The van der Waals surface area contributed by atoms with Gasteiger partial charge in [-0.25, -0.2) is 4.98 Å². The van der Waals surface area contributed by atoms with Crippen LogP contribution in [0.2, 0.25) is 0 Å². The quantitative estimate of drug-likeness (QED) is 0.747. The van der Waals surface area contributed by atoms with Crippen LogP contribution in [0.25, 0.3) is 0 Å². The number of hydrogen-bond acceptors (Lipinski definition) is 3. The topological polar surface area (TPSA) is 57.0 Å². The maximum Gasteiger partial charge on any atom is 0.255 e. The summed E-state index contributed by atoms with van der Waals surface area (Å²) in [6.07, 6.45) is 4.34. The fourth-order valence-corrected chi connectivity index (χ4v) is 2.37. The van der Waals surface area contributed by atoms with Gasteiger partial charge in [0.2, 0.25) is 0 Å². The van der Waals surface area contributed by atoms with Gasteiger partial charge in [-0.3, -0.25) is 4.79 Å². The third-order valence-electron chi connectivity index (χ3n) is 2.89. The molecule has 4 nitrogen and oxygen atoms in total. The van der Waals surface area contributed by atoms with Crippen LogP contribution in [0.5, 0.6) is 0 Å². The predicted molar refractivity (Wildman–Crippen MR) is 66.2 cm³/mol. The largest absolute Gasteiger partial charge is 0.323 e. The summed E-state index contributed by atoms with van der Waals surface area (Å²) in [7, 11) is 0. The highest BCUT2D eigenvalue weighted by molar-refractivity contribution is 9.10. The molecule has 1 aliphatic rings. The molecule has 1 amide bonds. The summed E-state index contributed by atoms with van der Waals surface area (Å²) < 4.78 is 0.633. The zero-order chi connectivity index (χ0) is 12.3. The molecular weight excluding hydrogens is 282 g/mol. The lowest BCUT2D eigenvalue weighted by atomic mass is 10.0. The Balaban J connectivity index is 2.22. The van der Waals surface area contributed by atoms with Crippen LogP contribution in [-0.4, -0.2) is 28.4 Å². The zero-order valence-electron chi connectivity index (χ0n) is 9.27. The Labute approximate surface area is 108 Å². The van der Waals surface area contributed by atoms with E-state index in [4.69, 9.17) is 5.26 Å². The van der Waals surface area contributed by atoms with Crippen LogP contribution in [0.4, 0.5) is 0 Å². The van der Waals surface area contributed by atoms with Crippen molar-refractivity contribution in [3.05, 3.63) is 28.5 Å². The van der Waals surface area contributed by atoms with Crippen molar-refractivity contribution in [2.24, 2.45) is 0 Å². The molecule has 17 heavy (non-hydrogen) atoms. The van der Waals surface area contributed by atoms with Crippen molar-refractivity contribution >= 4 is 21.8 Å². The average Bonchev–Trinajstić information content (AvgIpc) is 2.38. The summed E-state index contributed by atoms with van der Waals surface area (Å²) in [6.45, 7) is 0.664. The number of halogens is 1. The first kappa shape index (κ1) is 12.1. The van der Waals surface area contributed by atoms with Crippen LogP contribution in [0.3, 0.4) is 0 Å². The Morgan fingerprint density at radius 1 is 1.59 bits per heavy atom. The van der Waals surface area contributed by atoms with Crippen LogP contribution in [0, 0.1) is 11.3 Å². The molecule has 0 saturated carbocycles. The summed E-state index contributed by atoms with van der Waals surface area (Å²) in [5.74, 6) is -0.0839. The van der Waals surface area contributed by atoms with Crippen molar-refractivity contribution in [3.8, 4) is 6.07 Å². The van der Waals surface area contributed by atoms with Crippen molar-refractivity contribution in [1.29, 1.82) is 5.26 Å². The Morgan fingerprint density at radius 2 is 2.41 bits per heavy atom. The predicted octanol–water partition coefficient (Wildman–Crippen LogP) is 2.36. The second kappa shape index (κ2) is 5.28. The molecule has 88 valence electrons. The van der Waals surface area contributed by atoms with E-state index >= 15 is 0 Å². The summed E-state index contributed by atoms with van der Waals surface area (Å²) in [5.41, 5.74) is 0.578. The normalized spacial score (nSPS) is 19.8. The number of nitriles is 1. The zero-order valence-corrected chi connectivity index (χ0v) is 10.9. The van der Waals surface area contributed by atoms with Crippen molar-refractivity contribution in [1.82, 2.24) is 9.88 Å². The van der Waals surface area contributed by atoms with E-state index in [0.717, 1.165) is 19.3 Å². The summed E-state index contributed by atoms with van der Waals surface area (Å²) in [5, 5.41) is 9.05. The minimum atomic E-state index is -0.289. The van der Waals surface area contributed by atoms with Gasteiger partial charge in [-0.1, -0.05) is 0 Å². The first-order valence-corrected chi connectivity index (χ1v) is 6.34. The molecular formula is C12H12BrN3O. The van der Waals surface area contributed by atoms with Crippen LogP contribution in [0.15, 0.2) is 22.9 Å². The number of likely N-dealkylation sites (tertiary alicyclic amines) is 1. The van der Waals surface area contributed by atoms with E-state index < -0.39 is 0 Å². The van der Waals surface area contributed by atoms with Gasteiger partial charge >= 0.3 is 0 Å². The lowest BCUT2D eigenvalue weighted by molar-refractivity contribution is 0.0670. The first-order chi connectivity index (χ1) is 8.22. The van der Waals surface area contributed by atoms with Crippen LogP contribution >= 0.6 is 15.9 Å². The van der Waals surface area contributed by atoms with Gasteiger partial charge in [0.25, 0.3) is 5.91 Å². The summed E-state index contributed by atoms with van der Waals surface area (Å²) >= 11 is 3.24. The van der Waals surface area contributed by atoms with Gasteiger partial charge in [0, 0.05) is 18.3 Å². The molecule has 1 aliphatic heterocycles. The Hall–Kier alpha value is -1.41. The average molecular weight is 294 g/mol. The second-order valence-corrected chi connectivity index (χ2v) is 4.82. The monoisotopic (exact) mass is 293 g/mol. The number of aromatic nitrogens is 1. The van der Waals surface area contributed by atoms with Gasteiger partial charge in [0.1, 0.15) is 10.6 Å². The van der Waals surface area contributed by atoms with E-state index in [1.54, 1.807) is 23.2 Å². The maximum atomic E-state index is 12.2. The number of rotatable bonds is 1. The standard InChI is InChI=1S/C12H12BrN3O/c13-11-7-9(4-5-15-11)12(17)16-6-2-1-3-10(16)8-14/h4-5,7,10H,1-3,6H2. The van der Waals surface area contributed by atoms with E-state index in [1.807, 2.05) is 0 Å². The highest BCUT2D eigenvalue weighted by atomic mass is 79.9. The number of nitrogens with zero attached hydrogens (tertiary/aromatic N) is 3. The fraction of sp³-hybridized carbons (Fsp3) is 0.417. The molecule has 1 aromatic rings. The second-order valence-electron chi connectivity index (χ2n) is 4.01. The molecule has 1 unspecified atom stereocenters. The lowest BCUT2D eigenvalue weighted by Crippen LogP contribution is -2.42. The molecule has 5 heteroatoms. The smallest absolute Gasteiger partial charge is 0.255 e. The van der Waals surface area contributed by atoms with Crippen LogP contribution in [0.1, 0.15) is 29.6 Å². The summed E-state index contributed by atoms with van der Waals surface area (Å²) in [4.78, 5) is 17.9. The van der Waals surface area contributed by atoms with Gasteiger partial charge < -0.3 is 4.90 Å². The van der Waals surface area contributed by atoms with Crippen molar-refractivity contribution in [2.75, 3.05) is 6.54 Å². The minimum absolute atomic E-state index is 0.0839. The molecule has 1 aromatic heterocycles. The molecule has 0 spiro atoms. The molecule has 0 aliphatic carbocycles. The number of carbonyl (C=O) groups is 1. The van der Waals surface area contributed by atoms with E-state index in [0.29, 0.717) is 16.7 Å². The molecule has 0 radical (unpaired) electrons. The Morgan fingerprint density at radius 3 is 3.12 bits per heavy atom. The number of amides is 1. The van der Waals surface area contributed by atoms with E-state index in [1.165, 1.54) is 0 Å². The van der Waals surface area contributed by atoms with Crippen LogP contribution < -0.4 is 0 Å². The molecule has 1 saturated heterocycles. The fourth-order valence-electron chi connectivity index (χ4n) is 2.01. The first-order valence-electron chi connectivity index (χ1n) is 5.54. The van der Waals surface area contributed by atoms with Gasteiger partial charge in [-0.2, -0.15) is 5.26 Å². The number of hydrogen-bond donors (Lipinski definition) is 0. The van der Waals surface area contributed by atoms with Gasteiger partial charge in [0.15, 0.2) is 0 Å². The van der Waals surface area contributed by atoms with E-state index in [9.17, 15) is 4.79 Å². The third kappa shape index (κ3) is 2.64. The number of carbonyl (C=O) groups excluding carboxylic acids is 1. The highest BCUT2D eigenvalue weighted by Gasteiger charge is 2.27. The molecule has 0 bridgehead atoms. The minimum Gasteiger partial charge on any atom is -0.323 e. The molecule has 1 fully saturated rings. The molecule has 1 atom stereocenters. The number of piperidine rings is 1. The van der Waals surface area contributed by atoms with Crippen molar-refractivity contribution in [3.63, 3.8) is 0 Å². The van der Waals surface area contributed by atoms with E-state index in [2.05, 4.69) is 27.0 Å². The highest BCUT2D eigenvalue weighted by Crippen LogP contribution is 2.20. The third-order valence-corrected chi connectivity index (χ3v) is 3.32. The number of pyridine rings is 1. The maximum absolute atomic E-state index is 12.2. The van der Waals surface area contributed by atoms with Gasteiger partial charge in [0.05, 0.1) is 6.07 Å². The molecule has 0 N–H and O–H groups in total. The van der Waals surface area contributed by atoms with Crippen LogP contribution in [-0.2, 0) is 0 Å².